The van der Waals surface area contributed by atoms with Gasteiger partial charge in [0.15, 0.2) is 0 Å². The largest absolute Gasteiger partial charge is 0.384 e. The Labute approximate surface area is 112 Å². The Balaban J connectivity index is 1.66. The summed E-state index contributed by atoms with van der Waals surface area (Å²) in [6.07, 6.45) is 2.50. The minimum atomic E-state index is 0.157. The number of rotatable bonds is 4. The second kappa shape index (κ2) is 5.11. The predicted molar refractivity (Wildman–Crippen MR) is 76.3 cm³/mol. The topological polar surface area (TPSA) is 47.3 Å². The number of nitrogens with one attached hydrogen (secondary N) is 1. The molecule has 98 valence electrons. The number of anilines is 1. The molecule has 4 heteroatoms. The van der Waals surface area contributed by atoms with Gasteiger partial charge in [-0.2, -0.15) is 0 Å². The lowest BCUT2D eigenvalue weighted by molar-refractivity contribution is -0.0979. The molecule has 1 saturated heterocycles. The number of benzene rings is 1. The minimum Gasteiger partial charge on any atom is -0.384 e. The van der Waals surface area contributed by atoms with Gasteiger partial charge in [0.2, 0.25) is 0 Å². The highest BCUT2D eigenvalue weighted by atomic mass is 32.2. The molecule has 18 heavy (non-hydrogen) atoms. The van der Waals surface area contributed by atoms with Crippen LogP contribution in [0.1, 0.15) is 12.0 Å². The zero-order chi connectivity index (χ0) is 12.4. The third kappa shape index (κ3) is 2.37. The summed E-state index contributed by atoms with van der Waals surface area (Å²) in [5.41, 5.74) is 8.69. The first kappa shape index (κ1) is 12.3. The standard InChI is InChI=1S/C14H20N2OS/c15-7-14(9-17-10-14)8-16-12-3-4-13-11(6-12)2-1-5-18-13/h3-4,6,16H,1-2,5,7-10,15H2. The number of hydrogen-bond donors (Lipinski definition) is 2. The molecule has 1 fully saturated rings. The monoisotopic (exact) mass is 264 g/mol. The second-order valence-electron chi connectivity index (χ2n) is 5.32. The zero-order valence-corrected chi connectivity index (χ0v) is 11.4. The van der Waals surface area contributed by atoms with Crippen LogP contribution in [-0.4, -0.2) is 32.1 Å². The van der Waals surface area contributed by atoms with Crippen LogP contribution in [0.4, 0.5) is 5.69 Å². The summed E-state index contributed by atoms with van der Waals surface area (Å²) >= 11 is 1.97. The van der Waals surface area contributed by atoms with Gasteiger partial charge in [-0.05, 0) is 42.4 Å². The molecule has 0 unspecified atom stereocenters. The van der Waals surface area contributed by atoms with Crippen LogP contribution in [0.25, 0.3) is 0 Å². The fraction of sp³-hybridized carbons (Fsp3) is 0.571. The first-order chi connectivity index (χ1) is 8.81. The van der Waals surface area contributed by atoms with E-state index in [0.717, 1.165) is 19.8 Å². The maximum absolute atomic E-state index is 5.82. The maximum Gasteiger partial charge on any atom is 0.0574 e. The number of nitrogens with two attached hydrogens (primary N) is 1. The molecule has 1 aromatic rings. The number of hydrogen-bond acceptors (Lipinski definition) is 4. The molecule has 0 saturated carbocycles. The fourth-order valence-corrected chi connectivity index (χ4v) is 3.46. The summed E-state index contributed by atoms with van der Waals surface area (Å²) in [5.74, 6) is 1.26. The zero-order valence-electron chi connectivity index (χ0n) is 10.6. The number of ether oxygens (including phenoxy) is 1. The smallest absolute Gasteiger partial charge is 0.0574 e. The number of thioether (sulfide) groups is 1. The van der Waals surface area contributed by atoms with Crippen LogP contribution < -0.4 is 11.1 Å². The van der Waals surface area contributed by atoms with Gasteiger partial charge in [0.25, 0.3) is 0 Å². The van der Waals surface area contributed by atoms with E-state index in [-0.39, 0.29) is 5.41 Å². The van der Waals surface area contributed by atoms with Crippen LogP contribution in [0, 0.1) is 5.41 Å². The van der Waals surface area contributed by atoms with E-state index in [1.54, 1.807) is 0 Å². The van der Waals surface area contributed by atoms with Crippen molar-refractivity contribution in [2.24, 2.45) is 11.1 Å². The normalized spacial score (nSPS) is 20.9. The van der Waals surface area contributed by atoms with Crippen molar-refractivity contribution in [2.45, 2.75) is 17.7 Å². The summed E-state index contributed by atoms with van der Waals surface area (Å²) < 4.78 is 5.28. The van der Waals surface area contributed by atoms with E-state index in [0.29, 0.717) is 6.54 Å². The number of fused-ring (bicyclic) bond motifs is 1. The van der Waals surface area contributed by atoms with Crippen LogP contribution in [0.5, 0.6) is 0 Å². The molecule has 0 bridgehead atoms. The van der Waals surface area contributed by atoms with Crippen LogP contribution >= 0.6 is 11.8 Å². The molecular weight excluding hydrogens is 244 g/mol. The van der Waals surface area contributed by atoms with Crippen LogP contribution in [0.3, 0.4) is 0 Å². The van der Waals surface area contributed by atoms with Gasteiger partial charge in [0, 0.05) is 29.1 Å². The first-order valence-electron chi connectivity index (χ1n) is 6.59. The predicted octanol–water partition coefficient (Wildman–Crippen LogP) is 2.11. The highest BCUT2D eigenvalue weighted by molar-refractivity contribution is 7.99. The Morgan fingerprint density at radius 1 is 1.39 bits per heavy atom. The van der Waals surface area contributed by atoms with Crippen molar-refractivity contribution in [1.82, 2.24) is 0 Å². The highest BCUT2D eigenvalue weighted by Gasteiger charge is 2.36. The average Bonchev–Trinajstić information content (AvgIpc) is 2.38. The Hall–Kier alpha value is -0.710. The second-order valence-corrected chi connectivity index (χ2v) is 6.46. The fourth-order valence-electron chi connectivity index (χ4n) is 2.44. The van der Waals surface area contributed by atoms with E-state index in [2.05, 4.69) is 23.5 Å². The lowest BCUT2D eigenvalue weighted by Gasteiger charge is -2.40. The van der Waals surface area contributed by atoms with Crippen LogP contribution in [0.2, 0.25) is 0 Å². The lowest BCUT2D eigenvalue weighted by Crippen LogP contribution is -2.52. The Kier molecular flexibility index (Phi) is 3.50. The summed E-state index contributed by atoms with van der Waals surface area (Å²) in [6, 6.07) is 6.72. The van der Waals surface area contributed by atoms with Crippen molar-refractivity contribution in [3.05, 3.63) is 23.8 Å². The van der Waals surface area contributed by atoms with Crippen molar-refractivity contribution in [3.63, 3.8) is 0 Å². The maximum atomic E-state index is 5.82. The van der Waals surface area contributed by atoms with Crippen LogP contribution in [0.15, 0.2) is 23.1 Å². The number of aryl methyl sites for hydroxylation is 1. The van der Waals surface area contributed by atoms with Gasteiger partial charge >= 0.3 is 0 Å². The molecule has 0 aliphatic carbocycles. The molecular formula is C14H20N2OS. The SMILES string of the molecule is NCC1(CNc2ccc3c(c2)CCCS3)COC1. The molecule has 3 N–H and O–H groups in total. The van der Waals surface area contributed by atoms with Crippen molar-refractivity contribution in [3.8, 4) is 0 Å². The summed E-state index contributed by atoms with van der Waals surface area (Å²) in [5, 5.41) is 3.52. The van der Waals surface area contributed by atoms with Gasteiger partial charge in [-0.1, -0.05) is 0 Å². The van der Waals surface area contributed by atoms with E-state index in [4.69, 9.17) is 10.5 Å². The molecule has 3 rings (SSSR count). The van der Waals surface area contributed by atoms with E-state index in [9.17, 15) is 0 Å². The van der Waals surface area contributed by atoms with Gasteiger partial charge in [-0.15, -0.1) is 11.8 Å². The Morgan fingerprint density at radius 2 is 2.28 bits per heavy atom. The molecule has 2 heterocycles. The highest BCUT2D eigenvalue weighted by Crippen LogP contribution is 2.32. The molecule has 0 radical (unpaired) electrons. The van der Waals surface area contributed by atoms with Gasteiger partial charge in [0.05, 0.1) is 13.2 Å². The van der Waals surface area contributed by atoms with Crippen molar-refractivity contribution in [2.75, 3.05) is 37.4 Å². The van der Waals surface area contributed by atoms with Gasteiger partial charge in [0.1, 0.15) is 0 Å². The van der Waals surface area contributed by atoms with E-state index in [1.165, 1.54) is 34.7 Å². The van der Waals surface area contributed by atoms with E-state index < -0.39 is 0 Å². The molecule has 0 atom stereocenters. The van der Waals surface area contributed by atoms with Gasteiger partial charge < -0.3 is 15.8 Å². The first-order valence-corrected chi connectivity index (χ1v) is 7.57. The summed E-state index contributed by atoms with van der Waals surface area (Å²) in [4.78, 5) is 1.45. The molecule has 0 aromatic heterocycles. The van der Waals surface area contributed by atoms with Crippen LogP contribution in [-0.2, 0) is 11.2 Å². The third-order valence-corrected chi connectivity index (χ3v) is 5.03. The third-order valence-electron chi connectivity index (χ3n) is 3.83. The Morgan fingerprint density at radius 3 is 3.00 bits per heavy atom. The van der Waals surface area contributed by atoms with Gasteiger partial charge in [-0.3, -0.25) is 0 Å². The summed E-state index contributed by atoms with van der Waals surface area (Å²) in [7, 11) is 0. The molecule has 2 aliphatic heterocycles. The molecule has 0 amide bonds. The molecule has 1 aromatic carbocycles. The van der Waals surface area contributed by atoms with Crippen molar-refractivity contribution >= 4 is 17.4 Å². The van der Waals surface area contributed by atoms with Crippen molar-refractivity contribution in [1.29, 1.82) is 0 Å². The molecule has 3 nitrogen and oxygen atoms in total. The lowest BCUT2D eigenvalue weighted by atomic mass is 9.86. The van der Waals surface area contributed by atoms with Gasteiger partial charge in [-0.25, -0.2) is 0 Å². The van der Waals surface area contributed by atoms with E-state index >= 15 is 0 Å². The average molecular weight is 264 g/mol. The molecule has 2 aliphatic rings. The molecule has 0 spiro atoms. The minimum absolute atomic E-state index is 0.157. The summed E-state index contributed by atoms with van der Waals surface area (Å²) in [6.45, 7) is 3.19. The quantitative estimate of drug-likeness (QED) is 0.874. The Bertz CT molecular complexity index is 426. The van der Waals surface area contributed by atoms with E-state index in [1.807, 2.05) is 11.8 Å². The van der Waals surface area contributed by atoms with Crippen molar-refractivity contribution < 1.29 is 4.74 Å².